The van der Waals surface area contributed by atoms with Crippen molar-refractivity contribution in [3.8, 4) is 0 Å². The van der Waals surface area contributed by atoms with Crippen molar-refractivity contribution in [3.63, 3.8) is 0 Å². The number of aromatic nitrogens is 2. The second-order valence-electron chi connectivity index (χ2n) is 6.20. The van der Waals surface area contributed by atoms with Crippen LogP contribution in [0, 0.1) is 6.92 Å². The molecule has 1 N–H and O–H groups in total. The molecular formula is C15H27N5O. The molecule has 0 spiro atoms. The fourth-order valence-corrected chi connectivity index (χ4v) is 2.69. The van der Waals surface area contributed by atoms with Gasteiger partial charge in [-0.1, -0.05) is 0 Å². The van der Waals surface area contributed by atoms with Gasteiger partial charge >= 0.3 is 0 Å². The number of hydrogen-bond acceptors (Lipinski definition) is 6. The van der Waals surface area contributed by atoms with Crippen molar-refractivity contribution in [2.24, 2.45) is 0 Å². The second kappa shape index (κ2) is 6.58. The lowest BCUT2D eigenvalue weighted by Crippen LogP contribution is -2.54. The Morgan fingerprint density at radius 1 is 1.38 bits per heavy atom. The van der Waals surface area contributed by atoms with Crippen LogP contribution in [-0.4, -0.2) is 72.4 Å². The van der Waals surface area contributed by atoms with E-state index in [0.29, 0.717) is 6.04 Å². The van der Waals surface area contributed by atoms with E-state index in [9.17, 15) is 5.11 Å². The van der Waals surface area contributed by atoms with Gasteiger partial charge in [-0.25, -0.2) is 4.98 Å². The van der Waals surface area contributed by atoms with E-state index in [1.165, 1.54) is 0 Å². The van der Waals surface area contributed by atoms with Gasteiger partial charge in [0.15, 0.2) is 0 Å². The van der Waals surface area contributed by atoms with Crippen molar-refractivity contribution < 1.29 is 5.11 Å². The predicted octanol–water partition coefficient (Wildman–Crippen LogP) is 0.742. The summed E-state index contributed by atoms with van der Waals surface area (Å²) in [6.07, 6.45) is -0.283. The number of piperazine rings is 1. The van der Waals surface area contributed by atoms with Crippen molar-refractivity contribution in [1.82, 2.24) is 14.9 Å². The molecule has 0 saturated carbocycles. The van der Waals surface area contributed by atoms with Gasteiger partial charge in [-0.3, -0.25) is 4.90 Å². The zero-order valence-corrected chi connectivity index (χ0v) is 13.7. The molecule has 1 saturated heterocycles. The monoisotopic (exact) mass is 293 g/mol. The molecule has 0 radical (unpaired) electrons. The third-order valence-electron chi connectivity index (χ3n) is 3.83. The Hall–Kier alpha value is -1.40. The van der Waals surface area contributed by atoms with Gasteiger partial charge in [0.2, 0.25) is 5.95 Å². The van der Waals surface area contributed by atoms with Crippen molar-refractivity contribution >= 4 is 11.8 Å². The van der Waals surface area contributed by atoms with Gasteiger partial charge in [-0.05, 0) is 20.8 Å². The van der Waals surface area contributed by atoms with E-state index in [4.69, 9.17) is 0 Å². The molecule has 2 rings (SSSR count). The Bertz CT molecular complexity index is 477. The van der Waals surface area contributed by atoms with E-state index in [2.05, 4.69) is 26.7 Å². The number of hydrogen-bond donors (Lipinski definition) is 1. The average Bonchev–Trinajstić information content (AvgIpc) is 2.39. The van der Waals surface area contributed by atoms with E-state index < -0.39 is 0 Å². The number of aliphatic hydroxyl groups excluding tert-OH is 1. The molecular weight excluding hydrogens is 266 g/mol. The Morgan fingerprint density at radius 2 is 2.10 bits per heavy atom. The Balaban J connectivity index is 2.10. The molecule has 1 fully saturated rings. The summed E-state index contributed by atoms with van der Waals surface area (Å²) in [5.74, 6) is 1.75. The fraction of sp³-hybridized carbons (Fsp3) is 0.733. The molecule has 0 aromatic carbocycles. The molecule has 0 unspecified atom stereocenters. The van der Waals surface area contributed by atoms with Crippen LogP contribution in [0.2, 0.25) is 0 Å². The van der Waals surface area contributed by atoms with E-state index in [1.807, 2.05) is 38.9 Å². The number of anilines is 2. The zero-order valence-electron chi connectivity index (χ0n) is 13.7. The first-order valence-electron chi connectivity index (χ1n) is 7.57. The average molecular weight is 293 g/mol. The molecule has 0 bridgehead atoms. The van der Waals surface area contributed by atoms with Crippen LogP contribution in [0.3, 0.4) is 0 Å². The Morgan fingerprint density at radius 3 is 2.67 bits per heavy atom. The van der Waals surface area contributed by atoms with Gasteiger partial charge < -0.3 is 14.9 Å². The number of aliphatic hydroxyl groups is 1. The lowest BCUT2D eigenvalue weighted by Gasteiger charge is -2.40. The lowest BCUT2D eigenvalue weighted by molar-refractivity contribution is 0.0957. The van der Waals surface area contributed by atoms with E-state index in [0.717, 1.165) is 43.6 Å². The van der Waals surface area contributed by atoms with Crippen LogP contribution in [-0.2, 0) is 0 Å². The van der Waals surface area contributed by atoms with Crippen molar-refractivity contribution in [2.75, 3.05) is 50.1 Å². The zero-order chi connectivity index (χ0) is 15.6. The molecule has 6 heteroatoms. The molecule has 0 amide bonds. The summed E-state index contributed by atoms with van der Waals surface area (Å²) in [6, 6.07) is 2.39. The number of rotatable bonds is 4. The van der Waals surface area contributed by atoms with Gasteiger partial charge in [0.25, 0.3) is 0 Å². The van der Waals surface area contributed by atoms with Crippen LogP contribution < -0.4 is 9.80 Å². The molecule has 2 heterocycles. The molecule has 1 aliphatic rings. The maximum absolute atomic E-state index is 9.55. The van der Waals surface area contributed by atoms with Crippen LogP contribution >= 0.6 is 0 Å². The fourth-order valence-electron chi connectivity index (χ4n) is 2.69. The number of β-amino-alcohol motifs (C(OH)–C–C–N with tert-alkyl or cyclic N) is 1. The molecule has 1 aromatic rings. The molecule has 6 nitrogen and oxygen atoms in total. The van der Waals surface area contributed by atoms with Crippen molar-refractivity contribution in [2.45, 2.75) is 32.9 Å². The quantitative estimate of drug-likeness (QED) is 0.884. The normalized spacial score (nSPS) is 21.4. The Kier molecular flexibility index (Phi) is 5.00. The molecule has 1 aromatic heterocycles. The highest BCUT2D eigenvalue weighted by Gasteiger charge is 2.26. The Labute approximate surface area is 127 Å². The van der Waals surface area contributed by atoms with E-state index in [-0.39, 0.29) is 6.10 Å². The third-order valence-corrected chi connectivity index (χ3v) is 3.83. The smallest absolute Gasteiger partial charge is 0.227 e. The summed E-state index contributed by atoms with van der Waals surface area (Å²) >= 11 is 0. The first kappa shape index (κ1) is 16.0. The minimum atomic E-state index is -0.283. The van der Waals surface area contributed by atoms with Crippen LogP contribution in [0.25, 0.3) is 0 Å². The molecule has 0 aliphatic carbocycles. The van der Waals surface area contributed by atoms with Crippen LogP contribution in [0.1, 0.15) is 19.5 Å². The summed E-state index contributed by atoms with van der Waals surface area (Å²) in [7, 11) is 3.99. The minimum Gasteiger partial charge on any atom is -0.392 e. The maximum atomic E-state index is 9.55. The van der Waals surface area contributed by atoms with Crippen LogP contribution in [0.15, 0.2) is 6.07 Å². The maximum Gasteiger partial charge on any atom is 0.227 e. The predicted molar refractivity (Wildman–Crippen MR) is 86.0 cm³/mol. The standard InChI is InChI=1S/C15H27N5O/c1-11-8-14(18(4)5)17-15(16-11)20-7-6-19(10-13(3)21)12(2)9-20/h8,12-13,21H,6-7,9-10H2,1-5H3/t12-,13+/m1/s1. The lowest BCUT2D eigenvalue weighted by atomic mass is 10.2. The summed E-state index contributed by atoms with van der Waals surface area (Å²) in [5.41, 5.74) is 0.989. The summed E-state index contributed by atoms with van der Waals surface area (Å²) in [4.78, 5) is 15.8. The third kappa shape index (κ3) is 4.04. The first-order chi connectivity index (χ1) is 9.86. The first-order valence-corrected chi connectivity index (χ1v) is 7.57. The van der Waals surface area contributed by atoms with Gasteiger partial charge in [0.05, 0.1) is 6.10 Å². The summed E-state index contributed by atoms with van der Waals surface area (Å²) in [5, 5.41) is 9.55. The summed E-state index contributed by atoms with van der Waals surface area (Å²) in [6.45, 7) is 9.48. The van der Waals surface area contributed by atoms with Gasteiger partial charge in [0, 0.05) is 58.1 Å². The van der Waals surface area contributed by atoms with Gasteiger partial charge in [-0.2, -0.15) is 4.98 Å². The van der Waals surface area contributed by atoms with Gasteiger partial charge in [0.1, 0.15) is 5.82 Å². The van der Waals surface area contributed by atoms with Crippen LogP contribution in [0.5, 0.6) is 0 Å². The van der Waals surface area contributed by atoms with Crippen molar-refractivity contribution in [1.29, 1.82) is 0 Å². The molecule has 118 valence electrons. The SMILES string of the molecule is Cc1cc(N(C)C)nc(N2CCN(C[C@H](C)O)[C@H](C)C2)n1. The highest BCUT2D eigenvalue weighted by atomic mass is 16.3. The number of aryl methyl sites for hydroxylation is 1. The highest BCUT2D eigenvalue weighted by Crippen LogP contribution is 2.19. The molecule has 2 atom stereocenters. The van der Waals surface area contributed by atoms with Gasteiger partial charge in [-0.15, -0.1) is 0 Å². The largest absolute Gasteiger partial charge is 0.392 e. The van der Waals surface area contributed by atoms with Crippen molar-refractivity contribution in [3.05, 3.63) is 11.8 Å². The van der Waals surface area contributed by atoms with Crippen LogP contribution in [0.4, 0.5) is 11.8 Å². The van der Waals surface area contributed by atoms with E-state index >= 15 is 0 Å². The summed E-state index contributed by atoms with van der Waals surface area (Å²) < 4.78 is 0. The minimum absolute atomic E-state index is 0.283. The number of nitrogens with zero attached hydrogens (tertiary/aromatic N) is 5. The second-order valence-corrected chi connectivity index (χ2v) is 6.20. The highest BCUT2D eigenvalue weighted by molar-refractivity contribution is 5.45. The van der Waals surface area contributed by atoms with E-state index in [1.54, 1.807) is 0 Å². The topological polar surface area (TPSA) is 55.7 Å². The molecule has 1 aliphatic heterocycles. The molecule has 21 heavy (non-hydrogen) atoms.